The summed E-state index contributed by atoms with van der Waals surface area (Å²) in [5.41, 5.74) is 0.684. The van der Waals surface area contributed by atoms with Gasteiger partial charge in [-0.2, -0.15) is 0 Å². The second-order valence-corrected chi connectivity index (χ2v) is 6.62. The quantitative estimate of drug-likeness (QED) is 0.581. The minimum Gasteiger partial charge on any atom is -0.381 e. The van der Waals surface area contributed by atoms with E-state index < -0.39 is 0 Å². The van der Waals surface area contributed by atoms with Crippen molar-refractivity contribution in [3.8, 4) is 0 Å². The molecule has 1 aromatic rings. The van der Waals surface area contributed by atoms with Crippen LogP contribution in [0.2, 0.25) is 0 Å². The normalized spacial score (nSPS) is 29.7. The first kappa shape index (κ1) is 14.0. The maximum Gasteiger partial charge on any atom is 0.237 e. The van der Waals surface area contributed by atoms with Crippen molar-refractivity contribution in [3.05, 3.63) is 27.8 Å². The molecular formula is C15H16INO3. The van der Waals surface area contributed by atoms with Crippen molar-refractivity contribution in [1.82, 2.24) is 0 Å². The van der Waals surface area contributed by atoms with E-state index in [1.54, 1.807) is 7.11 Å². The summed E-state index contributed by atoms with van der Waals surface area (Å²) in [4.78, 5) is 26.4. The molecule has 5 heteroatoms. The predicted octanol–water partition coefficient (Wildman–Crippen LogP) is 2.60. The molecule has 2 amide bonds. The summed E-state index contributed by atoms with van der Waals surface area (Å²) in [6.45, 7) is 0. The Hall–Kier alpha value is -0.950. The molecule has 0 spiro atoms. The van der Waals surface area contributed by atoms with Gasteiger partial charge in [0.05, 0.1) is 23.6 Å². The number of amides is 2. The monoisotopic (exact) mass is 385 g/mol. The maximum atomic E-state index is 12.5. The van der Waals surface area contributed by atoms with Gasteiger partial charge >= 0.3 is 0 Å². The van der Waals surface area contributed by atoms with Gasteiger partial charge in [0.1, 0.15) is 0 Å². The van der Waals surface area contributed by atoms with Crippen LogP contribution in [0.4, 0.5) is 5.69 Å². The highest BCUT2D eigenvalue weighted by molar-refractivity contribution is 14.1. The molecule has 0 radical (unpaired) electrons. The van der Waals surface area contributed by atoms with Crippen molar-refractivity contribution in [2.75, 3.05) is 12.0 Å². The fourth-order valence-corrected chi connectivity index (χ4v) is 3.56. The first-order chi connectivity index (χ1) is 9.61. The third-order valence-electron chi connectivity index (χ3n) is 4.30. The van der Waals surface area contributed by atoms with Crippen molar-refractivity contribution in [3.63, 3.8) is 0 Å². The van der Waals surface area contributed by atoms with Gasteiger partial charge in [0.25, 0.3) is 0 Å². The van der Waals surface area contributed by atoms with Gasteiger partial charge in [-0.25, -0.2) is 0 Å². The average Bonchev–Trinajstić information content (AvgIpc) is 2.72. The van der Waals surface area contributed by atoms with Crippen LogP contribution < -0.4 is 4.90 Å². The van der Waals surface area contributed by atoms with E-state index in [1.165, 1.54) is 4.90 Å². The molecule has 1 heterocycles. The van der Waals surface area contributed by atoms with E-state index in [0.717, 1.165) is 16.4 Å². The molecular weight excluding hydrogens is 369 g/mol. The van der Waals surface area contributed by atoms with Crippen LogP contribution in [-0.2, 0) is 14.3 Å². The SMILES string of the molecule is COC1CCC2C(=O)N(c3ccc(I)cc3)C(=O)C2C1. The van der Waals surface area contributed by atoms with E-state index in [-0.39, 0.29) is 29.8 Å². The number of fused-ring (bicyclic) bond motifs is 1. The lowest BCUT2D eigenvalue weighted by Crippen LogP contribution is -2.31. The van der Waals surface area contributed by atoms with Crippen LogP contribution in [0, 0.1) is 15.4 Å². The number of ether oxygens (including phenoxy) is 1. The Balaban J connectivity index is 1.89. The Morgan fingerprint density at radius 1 is 1.10 bits per heavy atom. The molecule has 3 rings (SSSR count). The summed E-state index contributed by atoms with van der Waals surface area (Å²) in [5, 5.41) is 0. The number of carbonyl (C=O) groups excluding carboxylic acids is 2. The van der Waals surface area contributed by atoms with Crippen LogP contribution in [0.3, 0.4) is 0 Å². The molecule has 3 unspecified atom stereocenters. The van der Waals surface area contributed by atoms with Gasteiger partial charge < -0.3 is 4.74 Å². The fourth-order valence-electron chi connectivity index (χ4n) is 3.20. The number of hydrogen-bond donors (Lipinski definition) is 0. The van der Waals surface area contributed by atoms with Gasteiger partial charge in [0.15, 0.2) is 0 Å². The first-order valence-corrected chi connectivity index (χ1v) is 7.86. The lowest BCUT2D eigenvalue weighted by atomic mass is 9.79. The van der Waals surface area contributed by atoms with E-state index in [2.05, 4.69) is 22.6 Å². The number of halogens is 1. The number of nitrogens with zero attached hydrogens (tertiary/aromatic N) is 1. The standard InChI is InChI=1S/C15H16INO3/c1-20-11-6-7-12-13(8-11)15(19)17(14(12)18)10-4-2-9(16)3-5-10/h2-5,11-13H,6-8H2,1H3. The van der Waals surface area contributed by atoms with Crippen molar-refractivity contribution in [2.45, 2.75) is 25.4 Å². The minimum atomic E-state index is -0.208. The Morgan fingerprint density at radius 3 is 2.40 bits per heavy atom. The molecule has 0 N–H and O–H groups in total. The summed E-state index contributed by atoms with van der Waals surface area (Å²) >= 11 is 2.21. The Morgan fingerprint density at radius 2 is 1.75 bits per heavy atom. The number of benzene rings is 1. The summed E-state index contributed by atoms with van der Waals surface area (Å²) in [6.07, 6.45) is 2.36. The third-order valence-corrected chi connectivity index (χ3v) is 5.01. The molecule has 0 bridgehead atoms. The fraction of sp³-hybridized carbons (Fsp3) is 0.467. The highest BCUT2D eigenvalue weighted by atomic mass is 127. The summed E-state index contributed by atoms with van der Waals surface area (Å²) in [6, 6.07) is 7.50. The molecule has 3 atom stereocenters. The molecule has 0 aromatic heterocycles. The summed E-state index contributed by atoms with van der Waals surface area (Å²) < 4.78 is 6.44. The number of hydrogen-bond acceptors (Lipinski definition) is 3. The molecule has 1 aromatic carbocycles. The van der Waals surface area contributed by atoms with Gasteiger partial charge in [-0.1, -0.05) is 0 Å². The number of rotatable bonds is 2. The zero-order valence-electron chi connectivity index (χ0n) is 11.2. The lowest BCUT2D eigenvalue weighted by molar-refractivity contribution is -0.123. The van der Waals surface area contributed by atoms with Gasteiger partial charge in [-0.05, 0) is 66.1 Å². The van der Waals surface area contributed by atoms with Crippen LogP contribution in [0.1, 0.15) is 19.3 Å². The zero-order chi connectivity index (χ0) is 14.3. The van der Waals surface area contributed by atoms with Crippen LogP contribution >= 0.6 is 22.6 Å². The van der Waals surface area contributed by atoms with Gasteiger partial charge in [-0.3, -0.25) is 14.5 Å². The highest BCUT2D eigenvalue weighted by Crippen LogP contribution is 2.40. The Labute approximate surface area is 131 Å². The molecule has 20 heavy (non-hydrogen) atoms. The van der Waals surface area contributed by atoms with Crippen LogP contribution in [0.25, 0.3) is 0 Å². The topological polar surface area (TPSA) is 46.6 Å². The van der Waals surface area contributed by atoms with Crippen molar-refractivity contribution < 1.29 is 14.3 Å². The van der Waals surface area contributed by atoms with Crippen molar-refractivity contribution in [1.29, 1.82) is 0 Å². The molecule has 1 aliphatic carbocycles. The van der Waals surface area contributed by atoms with Crippen LogP contribution in [-0.4, -0.2) is 25.0 Å². The largest absolute Gasteiger partial charge is 0.381 e. The molecule has 2 fully saturated rings. The molecule has 1 saturated heterocycles. The number of carbonyl (C=O) groups is 2. The van der Waals surface area contributed by atoms with Crippen molar-refractivity contribution >= 4 is 40.1 Å². The molecule has 2 aliphatic rings. The number of methoxy groups -OCH3 is 1. The zero-order valence-corrected chi connectivity index (χ0v) is 13.4. The summed E-state index contributed by atoms with van der Waals surface area (Å²) in [7, 11) is 1.67. The second-order valence-electron chi connectivity index (χ2n) is 5.37. The Kier molecular flexibility index (Phi) is 3.81. The van der Waals surface area contributed by atoms with E-state index in [1.807, 2.05) is 24.3 Å². The molecule has 4 nitrogen and oxygen atoms in total. The van der Waals surface area contributed by atoms with E-state index >= 15 is 0 Å². The van der Waals surface area contributed by atoms with E-state index in [9.17, 15) is 9.59 Å². The Bertz CT molecular complexity index is 543. The first-order valence-electron chi connectivity index (χ1n) is 6.78. The van der Waals surface area contributed by atoms with Crippen LogP contribution in [0.5, 0.6) is 0 Å². The second kappa shape index (κ2) is 5.44. The number of anilines is 1. The average molecular weight is 385 g/mol. The third kappa shape index (κ3) is 2.26. The smallest absolute Gasteiger partial charge is 0.237 e. The molecule has 1 saturated carbocycles. The minimum absolute atomic E-state index is 0.0456. The van der Waals surface area contributed by atoms with Gasteiger partial charge in [0, 0.05) is 10.7 Å². The molecule has 1 aliphatic heterocycles. The van der Waals surface area contributed by atoms with Gasteiger partial charge in [0.2, 0.25) is 11.8 Å². The summed E-state index contributed by atoms with van der Waals surface area (Å²) in [5.74, 6) is -0.479. The molecule has 106 valence electrons. The van der Waals surface area contributed by atoms with E-state index in [0.29, 0.717) is 12.1 Å². The highest BCUT2D eigenvalue weighted by Gasteiger charge is 2.50. The maximum absolute atomic E-state index is 12.5. The van der Waals surface area contributed by atoms with Crippen LogP contribution in [0.15, 0.2) is 24.3 Å². The van der Waals surface area contributed by atoms with Crippen molar-refractivity contribution in [2.24, 2.45) is 11.8 Å². The lowest BCUT2D eigenvalue weighted by Gasteiger charge is -2.27. The predicted molar refractivity (Wildman–Crippen MR) is 83.3 cm³/mol. The van der Waals surface area contributed by atoms with Gasteiger partial charge in [-0.15, -0.1) is 0 Å². The number of imide groups is 1. The van der Waals surface area contributed by atoms with E-state index in [4.69, 9.17) is 4.74 Å².